The number of anilines is 1. The largest absolute Gasteiger partial charge is 0.330 e. The van der Waals surface area contributed by atoms with Gasteiger partial charge in [0.25, 0.3) is 5.69 Å². The number of amides is 1. The van der Waals surface area contributed by atoms with Crippen LogP contribution in [0.4, 0.5) is 15.8 Å². The Balaban J connectivity index is 2.85. The summed E-state index contributed by atoms with van der Waals surface area (Å²) in [5.74, 6) is -1.08. The maximum absolute atomic E-state index is 12.9. The Bertz CT molecular complexity index is 437. The fourth-order valence-electron chi connectivity index (χ4n) is 1.24. The van der Waals surface area contributed by atoms with E-state index in [0.29, 0.717) is 13.0 Å². The van der Waals surface area contributed by atoms with Gasteiger partial charge in [0, 0.05) is 18.6 Å². The number of benzene rings is 1. The van der Waals surface area contributed by atoms with E-state index in [4.69, 9.17) is 5.73 Å². The highest BCUT2D eigenvalue weighted by molar-refractivity contribution is 5.93. The molecule has 1 aromatic carbocycles. The number of nitrogens with zero attached hydrogens (tertiary/aromatic N) is 1. The Labute approximate surface area is 96.8 Å². The number of halogens is 1. The highest BCUT2D eigenvalue weighted by Crippen LogP contribution is 2.24. The number of carbonyl (C=O) groups excluding carboxylic acids is 1. The van der Waals surface area contributed by atoms with Crippen LogP contribution in [0.15, 0.2) is 18.2 Å². The van der Waals surface area contributed by atoms with Gasteiger partial charge in [-0.15, -0.1) is 0 Å². The molecule has 0 aliphatic heterocycles. The van der Waals surface area contributed by atoms with Crippen molar-refractivity contribution >= 4 is 17.3 Å². The van der Waals surface area contributed by atoms with E-state index in [1.165, 1.54) is 0 Å². The van der Waals surface area contributed by atoms with Crippen LogP contribution in [-0.2, 0) is 4.79 Å². The molecular formula is C10H12FN3O3. The number of nitro groups is 1. The lowest BCUT2D eigenvalue weighted by Gasteiger charge is -2.05. The van der Waals surface area contributed by atoms with E-state index in [-0.39, 0.29) is 17.8 Å². The molecule has 1 aromatic rings. The average Bonchev–Trinajstić information content (AvgIpc) is 2.26. The van der Waals surface area contributed by atoms with E-state index in [1.54, 1.807) is 0 Å². The molecule has 0 unspecified atom stereocenters. The minimum absolute atomic E-state index is 0.142. The molecule has 0 spiro atoms. The third-order valence-corrected chi connectivity index (χ3v) is 2.04. The molecule has 17 heavy (non-hydrogen) atoms. The maximum atomic E-state index is 12.9. The topological polar surface area (TPSA) is 98.3 Å². The summed E-state index contributed by atoms with van der Waals surface area (Å²) in [5.41, 5.74) is 4.74. The van der Waals surface area contributed by atoms with Crippen LogP contribution in [0.2, 0.25) is 0 Å². The molecule has 1 rings (SSSR count). The van der Waals surface area contributed by atoms with Crippen molar-refractivity contribution in [3.8, 4) is 0 Å². The molecule has 92 valence electrons. The predicted octanol–water partition coefficient (Wildman–Crippen LogP) is 1.41. The fourth-order valence-corrected chi connectivity index (χ4v) is 1.24. The molecule has 3 N–H and O–H groups in total. The molecule has 0 fully saturated rings. The molecule has 6 nitrogen and oxygen atoms in total. The third kappa shape index (κ3) is 3.80. The summed E-state index contributed by atoms with van der Waals surface area (Å²) in [5, 5.41) is 12.9. The van der Waals surface area contributed by atoms with E-state index in [2.05, 4.69) is 5.32 Å². The Kier molecular flexibility index (Phi) is 4.53. The molecule has 1 amide bonds. The number of carbonyl (C=O) groups is 1. The average molecular weight is 241 g/mol. The van der Waals surface area contributed by atoms with Crippen LogP contribution < -0.4 is 11.1 Å². The zero-order valence-electron chi connectivity index (χ0n) is 8.98. The molecular weight excluding hydrogens is 229 g/mol. The first-order chi connectivity index (χ1) is 8.04. The van der Waals surface area contributed by atoms with Gasteiger partial charge in [0.05, 0.1) is 4.92 Å². The summed E-state index contributed by atoms with van der Waals surface area (Å²) in [6.07, 6.45) is 0.610. The van der Waals surface area contributed by atoms with E-state index in [1.807, 2.05) is 0 Å². The zero-order valence-corrected chi connectivity index (χ0v) is 8.98. The van der Waals surface area contributed by atoms with Gasteiger partial charge in [0.1, 0.15) is 11.5 Å². The Morgan fingerprint density at radius 2 is 2.24 bits per heavy atom. The SMILES string of the molecule is NCCCC(=O)Nc1cc(F)ccc1[N+](=O)[O-]. The van der Waals surface area contributed by atoms with Crippen molar-refractivity contribution in [1.29, 1.82) is 0 Å². The number of rotatable bonds is 5. The van der Waals surface area contributed by atoms with Crippen LogP contribution in [0.3, 0.4) is 0 Å². The molecule has 0 aromatic heterocycles. The molecule has 0 saturated carbocycles. The number of nitro benzene ring substituents is 1. The lowest BCUT2D eigenvalue weighted by Crippen LogP contribution is -2.14. The third-order valence-electron chi connectivity index (χ3n) is 2.04. The normalized spacial score (nSPS) is 10.0. The van der Waals surface area contributed by atoms with Crippen LogP contribution in [0, 0.1) is 15.9 Å². The van der Waals surface area contributed by atoms with Gasteiger partial charge in [-0.05, 0) is 19.0 Å². The molecule has 0 atom stereocenters. The summed E-state index contributed by atoms with van der Waals surface area (Å²) in [7, 11) is 0. The van der Waals surface area contributed by atoms with Gasteiger partial charge in [0.2, 0.25) is 5.91 Å². The monoisotopic (exact) mass is 241 g/mol. The number of nitrogens with two attached hydrogens (primary N) is 1. The Hall–Kier alpha value is -2.02. The number of hydrogen-bond donors (Lipinski definition) is 2. The molecule has 0 saturated heterocycles. The lowest BCUT2D eigenvalue weighted by molar-refractivity contribution is -0.384. The van der Waals surface area contributed by atoms with E-state index in [9.17, 15) is 19.3 Å². The van der Waals surface area contributed by atoms with Crippen LogP contribution in [0.1, 0.15) is 12.8 Å². The maximum Gasteiger partial charge on any atom is 0.292 e. The summed E-state index contributed by atoms with van der Waals surface area (Å²) in [6.45, 7) is 0.346. The van der Waals surface area contributed by atoms with Gasteiger partial charge in [-0.3, -0.25) is 14.9 Å². The second-order valence-electron chi connectivity index (χ2n) is 3.36. The highest BCUT2D eigenvalue weighted by Gasteiger charge is 2.16. The highest BCUT2D eigenvalue weighted by atomic mass is 19.1. The van der Waals surface area contributed by atoms with Gasteiger partial charge in [-0.25, -0.2) is 4.39 Å². The summed E-state index contributed by atoms with van der Waals surface area (Å²) < 4.78 is 12.9. The quantitative estimate of drug-likeness (QED) is 0.601. The van der Waals surface area contributed by atoms with Crippen molar-refractivity contribution in [3.05, 3.63) is 34.1 Å². The standard InChI is InChI=1S/C10H12FN3O3/c11-7-3-4-9(14(16)17)8(6-7)13-10(15)2-1-5-12/h3-4,6H,1-2,5,12H2,(H,13,15). The van der Waals surface area contributed by atoms with Gasteiger partial charge >= 0.3 is 0 Å². The second kappa shape index (κ2) is 5.90. The number of nitrogens with one attached hydrogen (secondary N) is 1. The smallest absolute Gasteiger partial charge is 0.292 e. The van der Waals surface area contributed by atoms with Crippen molar-refractivity contribution in [3.63, 3.8) is 0 Å². The fraction of sp³-hybridized carbons (Fsp3) is 0.300. The van der Waals surface area contributed by atoms with Gasteiger partial charge in [0.15, 0.2) is 0 Å². The summed E-state index contributed by atoms with van der Waals surface area (Å²) >= 11 is 0. The van der Waals surface area contributed by atoms with Crippen molar-refractivity contribution in [2.24, 2.45) is 5.73 Å². The minimum Gasteiger partial charge on any atom is -0.330 e. The van der Waals surface area contributed by atoms with Crippen LogP contribution in [0.25, 0.3) is 0 Å². The second-order valence-corrected chi connectivity index (χ2v) is 3.36. The number of hydrogen-bond acceptors (Lipinski definition) is 4. The first kappa shape index (κ1) is 13.0. The first-order valence-corrected chi connectivity index (χ1v) is 4.98. The van der Waals surface area contributed by atoms with Crippen molar-refractivity contribution in [2.45, 2.75) is 12.8 Å². The van der Waals surface area contributed by atoms with E-state index >= 15 is 0 Å². The predicted molar refractivity (Wildman–Crippen MR) is 60.0 cm³/mol. The Morgan fingerprint density at radius 3 is 2.82 bits per heavy atom. The van der Waals surface area contributed by atoms with Gasteiger partial charge in [-0.1, -0.05) is 0 Å². The van der Waals surface area contributed by atoms with Crippen LogP contribution in [0.5, 0.6) is 0 Å². The van der Waals surface area contributed by atoms with E-state index in [0.717, 1.165) is 18.2 Å². The van der Waals surface area contributed by atoms with Gasteiger partial charge in [-0.2, -0.15) is 0 Å². The lowest BCUT2D eigenvalue weighted by atomic mass is 10.2. The van der Waals surface area contributed by atoms with E-state index < -0.39 is 16.6 Å². The minimum atomic E-state index is -0.683. The molecule has 0 aliphatic rings. The molecule has 0 aliphatic carbocycles. The van der Waals surface area contributed by atoms with Crippen molar-refractivity contribution in [1.82, 2.24) is 0 Å². The summed E-state index contributed by atoms with van der Waals surface area (Å²) in [4.78, 5) is 21.3. The van der Waals surface area contributed by atoms with Crippen LogP contribution >= 0.6 is 0 Å². The van der Waals surface area contributed by atoms with Crippen molar-refractivity contribution < 1.29 is 14.1 Å². The molecule has 0 radical (unpaired) electrons. The zero-order chi connectivity index (χ0) is 12.8. The molecule has 7 heteroatoms. The molecule has 0 bridgehead atoms. The van der Waals surface area contributed by atoms with Crippen LogP contribution in [-0.4, -0.2) is 17.4 Å². The Morgan fingerprint density at radius 1 is 1.53 bits per heavy atom. The summed E-state index contributed by atoms with van der Waals surface area (Å²) in [6, 6.07) is 2.89. The van der Waals surface area contributed by atoms with Crippen molar-refractivity contribution in [2.75, 3.05) is 11.9 Å². The van der Waals surface area contributed by atoms with Gasteiger partial charge < -0.3 is 11.1 Å². The first-order valence-electron chi connectivity index (χ1n) is 4.98. The molecule has 0 heterocycles.